The van der Waals surface area contributed by atoms with Crippen molar-refractivity contribution in [2.24, 2.45) is 0 Å². The van der Waals surface area contributed by atoms with Crippen molar-refractivity contribution in [3.63, 3.8) is 0 Å². The molecule has 0 unspecified atom stereocenters. The molecule has 3 nitrogen and oxygen atoms in total. The molecule has 6 aromatic carbocycles. The summed E-state index contributed by atoms with van der Waals surface area (Å²) in [5.41, 5.74) is 8.00. The topological polar surface area (TPSA) is 15.7 Å². The second kappa shape index (κ2) is 10.8. The van der Waals surface area contributed by atoms with Crippen LogP contribution in [0.3, 0.4) is 0 Å². The molecule has 39 heavy (non-hydrogen) atoms. The molecule has 0 heterocycles. The third-order valence-corrected chi connectivity index (χ3v) is 7.20. The second-order valence-corrected chi connectivity index (χ2v) is 9.52. The number of anilines is 5. The van der Waals surface area contributed by atoms with Gasteiger partial charge in [0.05, 0.1) is 12.8 Å². The van der Waals surface area contributed by atoms with E-state index < -0.39 is 0 Å². The zero-order valence-electron chi connectivity index (χ0n) is 22.2. The normalized spacial score (nSPS) is 10.8. The zero-order valence-corrected chi connectivity index (χ0v) is 22.2. The van der Waals surface area contributed by atoms with Gasteiger partial charge in [-0.25, -0.2) is 0 Å². The fraction of sp³-hybridized carbons (Fsp3) is 0.0556. The van der Waals surface area contributed by atoms with Gasteiger partial charge in [0.1, 0.15) is 5.75 Å². The number of methoxy groups -OCH3 is 1. The van der Waals surface area contributed by atoms with Crippen LogP contribution in [0.5, 0.6) is 5.75 Å². The quantitative estimate of drug-likeness (QED) is 0.214. The summed E-state index contributed by atoms with van der Waals surface area (Å²) < 4.78 is 5.32. The fourth-order valence-electron chi connectivity index (χ4n) is 5.04. The van der Waals surface area contributed by atoms with Gasteiger partial charge in [-0.15, -0.1) is 0 Å². The molecule has 0 aliphatic heterocycles. The van der Waals surface area contributed by atoms with Gasteiger partial charge >= 0.3 is 0 Å². The van der Waals surface area contributed by atoms with E-state index in [4.69, 9.17) is 4.74 Å². The van der Waals surface area contributed by atoms with Crippen LogP contribution in [0.1, 0.15) is 0 Å². The lowest BCUT2D eigenvalue weighted by atomic mass is 10.0. The highest BCUT2D eigenvalue weighted by Gasteiger charge is 2.16. The highest BCUT2D eigenvalue weighted by molar-refractivity contribution is 5.99. The van der Waals surface area contributed by atoms with Gasteiger partial charge in [0.25, 0.3) is 0 Å². The Hall–Kier alpha value is -5.02. The molecule has 6 aromatic rings. The van der Waals surface area contributed by atoms with Gasteiger partial charge in [-0.05, 0) is 83.2 Å². The molecule has 6 rings (SSSR count). The van der Waals surface area contributed by atoms with E-state index >= 15 is 0 Å². The first-order valence-corrected chi connectivity index (χ1v) is 13.1. The Morgan fingerprint density at radius 2 is 0.974 bits per heavy atom. The first-order chi connectivity index (χ1) is 19.2. The van der Waals surface area contributed by atoms with Crippen molar-refractivity contribution >= 4 is 39.2 Å². The largest absolute Gasteiger partial charge is 0.497 e. The molecule has 0 radical (unpaired) electrons. The van der Waals surface area contributed by atoms with E-state index in [0.717, 1.165) is 34.2 Å². The van der Waals surface area contributed by atoms with Crippen molar-refractivity contribution < 1.29 is 4.74 Å². The average molecular weight is 507 g/mol. The van der Waals surface area contributed by atoms with Crippen LogP contribution in [0, 0.1) is 0 Å². The molecule has 0 amide bonds. The van der Waals surface area contributed by atoms with Gasteiger partial charge < -0.3 is 14.5 Å². The van der Waals surface area contributed by atoms with Crippen LogP contribution in [0.15, 0.2) is 146 Å². The van der Waals surface area contributed by atoms with Crippen LogP contribution in [-0.4, -0.2) is 14.2 Å². The molecule has 0 N–H and O–H groups in total. The zero-order chi connectivity index (χ0) is 26.6. The Balaban J connectivity index is 1.40. The van der Waals surface area contributed by atoms with E-state index in [-0.39, 0.29) is 0 Å². The second-order valence-electron chi connectivity index (χ2n) is 9.52. The maximum Gasteiger partial charge on any atom is 0.119 e. The monoisotopic (exact) mass is 506 g/mol. The summed E-state index contributed by atoms with van der Waals surface area (Å²) in [5.74, 6) is 0.853. The molecule has 0 aliphatic rings. The Kier molecular flexibility index (Phi) is 6.71. The van der Waals surface area contributed by atoms with E-state index in [9.17, 15) is 0 Å². The summed E-state index contributed by atoms with van der Waals surface area (Å²) in [6, 6.07) is 51.3. The molecule has 3 heteroatoms. The summed E-state index contributed by atoms with van der Waals surface area (Å²) in [6.45, 7) is 0. The number of rotatable bonds is 7. The van der Waals surface area contributed by atoms with E-state index in [1.165, 1.54) is 21.9 Å². The minimum Gasteiger partial charge on any atom is -0.497 e. The smallest absolute Gasteiger partial charge is 0.119 e. The van der Waals surface area contributed by atoms with E-state index in [1.54, 1.807) is 7.11 Å². The van der Waals surface area contributed by atoms with Gasteiger partial charge in [0.15, 0.2) is 0 Å². The predicted molar refractivity (Wildman–Crippen MR) is 165 cm³/mol. The first kappa shape index (κ1) is 24.3. The van der Waals surface area contributed by atoms with Crippen molar-refractivity contribution in [3.8, 4) is 16.9 Å². The summed E-state index contributed by atoms with van der Waals surface area (Å²) in [6.07, 6.45) is 0. The highest BCUT2D eigenvalue weighted by Crippen LogP contribution is 2.40. The molecular formula is C36H30N2O. The lowest BCUT2D eigenvalue weighted by molar-refractivity contribution is 0.415. The van der Waals surface area contributed by atoms with Crippen molar-refractivity contribution in [2.75, 3.05) is 24.0 Å². The molecule has 0 fully saturated rings. The minimum atomic E-state index is 0.853. The number of hydrogen-bond donors (Lipinski definition) is 0. The molecule has 0 saturated heterocycles. The van der Waals surface area contributed by atoms with Crippen LogP contribution < -0.4 is 14.5 Å². The Bertz CT molecular complexity index is 1670. The minimum absolute atomic E-state index is 0.853. The summed E-state index contributed by atoms with van der Waals surface area (Å²) in [5, 5.41) is 2.43. The van der Waals surface area contributed by atoms with Gasteiger partial charge in [-0.1, -0.05) is 78.9 Å². The van der Waals surface area contributed by atoms with Gasteiger partial charge in [-0.2, -0.15) is 0 Å². The van der Waals surface area contributed by atoms with Crippen LogP contribution in [0.2, 0.25) is 0 Å². The van der Waals surface area contributed by atoms with E-state index in [1.807, 2.05) is 12.1 Å². The lowest BCUT2D eigenvalue weighted by Crippen LogP contribution is -2.12. The molecule has 0 atom stereocenters. The van der Waals surface area contributed by atoms with Crippen LogP contribution >= 0.6 is 0 Å². The number of fused-ring (bicyclic) bond motifs is 1. The molecule has 0 saturated carbocycles. The van der Waals surface area contributed by atoms with Crippen molar-refractivity contribution in [3.05, 3.63) is 146 Å². The Morgan fingerprint density at radius 1 is 0.462 bits per heavy atom. The number of ether oxygens (including phenoxy) is 1. The molecular weight excluding hydrogens is 476 g/mol. The molecule has 190 valence electrons. The number of nitrogens with zero attached hydrogens (tertiary/aromatic N) is 2. The number of benzene rings is 6. The van der Waals surface area contributed by atoms with Gasteiger partial charge in [0.2, 0.25) is 0 Å². The van der Waals surface area contributed by atoms with Gasteiger partial charge in [-0.3, -0.25) is 0 Å². The fourth-order valence-corrected chi connectivity index (χ4v) is 5.04. The Morgan fingerprint density at radius 3 is 1.64 bits per heavy atom. The predicted octanol–water partition coefficient (Wildman–Crippen LogP) is 9.75. The van der Waals surface area contributed by atoms with Crippen LogP contribution in [0.4, 0.5) is 28.4 Å². The highest BCUT2D eigenvalue weighted by atomic mass is 16.5. The molecule has 0 aromatic heterocycles. The average Bonchev–Trinajstić information content (AvgIpc) is 3.02. The number of hydrogen-bond acceptors (Lipinski definition) is 3. The summed E-state index contributed by atoms with van der Waals surface area (Å²) >= 11 is 0. The lowest BCUT2D eigenvalue weighted by Gasteiger charge is -2.28. The van der Waals surface area contributed by atoms with E-state index in [2.05, 4.69) is 150 Å². The maximum absolute atomic E-state index is 5.32. The summed E-state index contributed by atoms with van der Waals surface area (Å²) in [7, 11) is 3.77. The maximum atomic E-state index is 5.32. The van der Waals surface area contributed by atoms with Crippen molar-refractivity contribution in [2.45, 2.75) is 0 Å². The first-order valence-electron chi connectivity index (χ1n) is 13.1. The van der Waals surface area contributed by atoms with Crippen LogP contribution in [0.25, 0.3) is 21.9 Å². The third kappa shape index (κ3) is 4.95. The van der Waals surface area contributed by atoms with Crippen molar-refractivity contribution in [1.82, 2.24) is 0 Å². The SMILES string of the molecule is COc1ccc(N(C)c2ccc(N(c3ccc(-c4ccccc4)cc3)c3cccc4ccccc34)cc2)cc1. The molecule has 0 aliphatic carbocycles. The third-order valence-electron chi connectivity index (χ3n) is 7.20. The standard InChI is InChI=1S/C36H30N2O/c1-37(31-23-25-34(39-2)26-24-31)30-19-21-33(22-20-30)38(36-14-8-12-29-11-6-7-13-35(29)36)32-17-15-28(16-18-32)27-9-4-3-5-10-27/h3-26H,1-2H3. The Labute approximate surface area is 230 Å². The van der Waals surface area contributed by atoms with Crippen LogP contribution in [-0.2, 0) is 0 Å². The van der Waals surface area contributed by atoms with Crippen molar-refractivity contribution in [1.29, 1.82) is 0 Å². The van der Waals surface area contributed by atoms with Gasteiger partial charge in [0, 0.05) is 35.2 Å². The summed E-state index contributed by atoms with van der Waals surface area (Å²) in [4.78, 5) is 4.52. The molecule has 0 spiro atoms. The molecule has 0 bridgehead atoms. The van der Waals surface area contributed by atoms with E-state index in [0.29, 0.717) is 0 Å².